The van der Waals surface area contributed by atoms with Crippen LogP contribution in [0.1, 0.15) is 35.3 Å². The zero-order valence-corrected chi connectivity index (χ0v) is 19.2. The molecule has 0 spiro atoms. The van der Waals surface area contributed by atoms with Crippen LogP contribution in [0.2, 0.25) is 5.02 Å². The Hall–Kier alpha value is -2.00. The van der Waals surface area contributed by atoms with E-state index in [9.17, 15) is 13.2 Å². The number of rotatable bonds is 5. The van der Waals surface area contributed by atoms with Gasteiger partial charge >= 0.3 is 0 Å². The molecule has 0 aliphatic rings. The number of nitrogens with one attached hydrogen (secondary N) is 1. The molecule has 0 saturated heterocycles. The number of nitrogens with zero attached hydrogens (tertiary/aromatic N) is 2. The van der Waals surface area contributed by atoms with Crippen molar-refractivity contribution in [1.82, 2.24) is 9.29 Å². The first-order chi connectivity index (χ1) is 13.5. The van der Waals surface area contributed by atoms with Gasteiger partial charge in [-0.2, -0.15) is 4.31 Å². The lowest BCUT2D eigenvalue weighted by atomic mass is 10.1. The Kier molecular flexibility index (Phi) is 6.01. The monoisotopic (exact) mass is 451 g/mol. The van der Waals surface area contributed by atoms with E-state index in [-0.39, 0.29) is 21.5 Å². The van der Waals surface area contributed by atoms with E-state index in [2.05, 4.69) is 10.3 Å². The summed E-state index contributed by atoms with van der Waals surface area (Å²) < 4.78 is 27.7. The first kappa shape index (κ1) is 21.7. The van der Waals surface area contributed by atoms with Crippen LogP contribution < -0.4 is 5.32 Å². The summed E-state index contributed by atoms with van der Waals surface area (Å²) in [7, 11) is -2.23. The molecule has 0 radical (unpaired) electrons. The second-order valence-electron chi connectivity index (χ2n) is 7.16. The standard InChI is InChI=1S/C20H22ClN3O3S2/c1-11(2)24(5)29(26,27)14-6-7-16(21)15(10-14)19(25)23-20-22-18-13(4)8-12(3)9-17(18)28-20/h6-11H,1-5H3,(H,22,23,25). The highest BCUT2D eigenvalue weighted by Crippen LogP contribution is 2.30. The molecule has 3 aromatic rings. The van der Waals surface area contributed by atoms with E-state index in [1.807, 2.05) is 26.0 Å². The lowest BCUT2D eigenvalue weighted by molar-refractivity contribution is 0.102. The van der Waals surface area contributed by atoms with Crippen molar-refractivity contribution in [3.05, 3.63) is 52.0 Å². The first-order valence-electron chi connectivity index (χ1n) is 8.97. The van der Waals surface area contributed by atoms with Crippen LogP contribution in [0.15, 0.2) is 35.2 Å². The fourth-order valence-electron chi connectivity index (χ4n) is 2.87. The van der Waals surface area contributed by atoms with E-state index in [1.54, 1.807) is 13.8 Å². The lowest BCUT2D eigenvalue weighted by Crippen LogP contribution is -2.33. The zero-order chi connectivity index (χ0) is 21.5. The molecular weight excluding hydrogens is 430 g/mol. The number of carbonyl (C=O) groups excluding carboxylic acids is 1. The van der Waals surface area contributed by atoms with Crippen LogP contribution >= 0.6 is 22.9 Å². The molecule has 2 aromatic carbocycles. The van der Waals surface area contributed by atoms with E-state index in [1.165, 1.54) is 40.9 Å². The number of hydrogen-bond donors (Lipinski definition) is 1. The number of sulfonamides is 1. The Bertz CT molecular complexity index is 1200. The molecule has 0 aliphatic carbocycles. The maximum absolute atomic E-state index is 12.8. The zero-order valence-electron chi connectivity index (χ0n) is 16.8. The van der Waals surface area contributed by atoms with E-state index >= 15 is 0 Å². The van der Waals surface area contributed by atoms with Crippen molar-refractivity contribution in [2.24, 2.45) is 0 Å². The van der Waals surface area contributed by atoms with Gasteiger partial charge in [0.05, 0.1) is 25.7 Å². The van der Waals surface area contributed by atoms with Gasteiger partial charge in [0.25, 0.3) is 5.91 Å². The minimum Gasteiger partial charge on any atom is -0.298 e. The summed E-state index contributed by atoms with van der Waals surface area (Å²) in [6.45, 7) is 7.53. The molecule has 1 amide bonds. The molecule has 1 aromatic heterocycles. The third kappa shape index (κ3) is 4.30. The molecule has 0 atom stereocenters. The van der Waals surface area contributed by atoms with Gasteiger partial charge in [0.1, 0.15) is 0 Å². The van der Waals surface area contributed by atoms with Gasteiger partial charge in [-0.3, -0.25) is 10.1 Å². The maximum Gasteiger partial charge on any atom is 0.259 e. The molecular formula is C20H22ClN3O3S2. The minimum absolute atomic E-state index is 0.0130. The van der Waals surface area contributed by atoms with Crippen molar-refractivity contribution in [2.45, 2.75) is 38.6 Å². The van der Waals surface area contributed by atoms with Crippen LogP contribution in [-0.4, -0.2) is 36.7 Å². The number of aromatic nitrogens is 1. The van der Waals surface area contributed by atoms with Crippen molar-refractivity contribution in [3.63, 3.8) is 0 Å². The highest BCUT2D eigenvalue weighted by atomic mass is 35.5. The van der Waals surface area contributed by atoms with E-state index in [0.717, 1.165) is 21.3 Å². The van der Waals surface area contributed by atoms with Crippen LogP contribution in [0, 0.1) is 13.8 Å². The molecule has 0 aliphatic heterocycles. The second kappa shape index (κ2) is 8.02. The van der Waals surface area contributed by atoms with Gasteiger partial charge in [-0.15, -0.1) is 0 Å². The van der Waals surface area contributed by atoms with Gasteiger partial charge in [-0.25, -0.2) is 13.4 Å². The Balaban J connectivity index is 1.95. The third-order valence-corrected chi connectivity index (χ3v) is 7.91. The Morgan fingerprint density at radius 3 is 2.55 bits per heavy atom. The molecule has 1 heterocycles. The Labute approximate surface area is 179 Å². The van der Waals surface area contributed by atoms with Gasteiger partial charge in [0.15, 0.2) is 5.13 Å². The summed E-state index contributed by atoms with van der Waals surface area (Å²) in [4.78, 5) is 17.3. The summed E-state index contributed by atoms with van der Waals surface area (Å²) in [5.74, 6) is -0.507. The predicted octanol–water partition coefficient (Wildman–Crippen LogP) is 4.85. The number of benzene rings is 2. The smallest absolute Gasteiger partial charge is 0.259 e. The molecule has 3 rings (SSSR count). The van der Waals surface area contributed by atoms with Crippen LogP contribution in [0.5, 0.6) is 0 Å². The van der Waals surface area contributed by atoms with E-state index in [4.69, 9.17) is 11.6 Å². The number of halogens is 1. The Morgan fingerprint density at radius 2 is 1.90 bits per heavy atom. The number of hydrogen-bond acceptors (Lipinski definition) is 5. The van der Waals surface area contributed by atoms with Gasteiger partial charge < -0.3 is 0 Å². The largest absolute Gasteiger partial charge is 0.298 e. The number of fused-ring (bicyclic) bond motifs is 1. The average Bonchev–Trinajstić information content (AvgIpc) is 3.03. The van der Waals surface area contributed by atoms with Crippen molar-refractivity contribution in [3.8, 4) is 0 Å². The fourth-order valence-corrected chi connectivity index (χ4v) is 5.51. The minimum atomic E-state index is -3.73. The van der Waals surface area contributed by atoms with Crippen LogP contribution in [-0.2, 0) is 10.0 Å². The first-order valence-corrected chi connectivity index (χ1v) is 11.6. The normalized spacial score (nSPS) is 12.1. The summed E-state index contributed by atoms with van der Waals surface area (Å²) in [5, 5.41) is 3.34. The van der Waals surface area contributed by atoms with Gasteiger partial charge in [-0.05, 0) is 63.1 Å². The second-order valence-corrected chi connectivity index (χ2v) is 10.6. The number of thiazole rings is 1. The SMILES string of the molecule is Cc1cc(C)c2nc(NC(=O)c3cc(S(=O)(=O)N(C)C(C)C)ccc3Cl)sc2c1. The summed E-state index contributed by atoms with van der Waals surface area (Å²) in [6.07, 6.45) is 0. The van der Waals surface area contributed by atoms with Crippen molar-refractivity contribution in [1.29, 1.82) is 0 Å². The predicted molar refractivity (Wildman–Crippen MR) is 119 cm³/mol. The molecule has 0 saturated carbocycles. The number of amides is 1. The molecule has 154 valence electrons. The van der Waals surface area contributed by atoms with Crippen molar-refractivity contribution < 1.29 is 13.2 Å². The topological polar surface area (TPSA) is 79.4 Å². The molecule has 6 nitrogen and oxygen atoms in total. The molecule has 9 heteroatoms. The van der Waals surface area contributed by atoms with Crippen molar-refractivity contribution in [2.75, 3.05) is 12.4 Å². The maximum atomic E-state index is 12.8. The third-order valence-electron chi connectivity index (χ3n) is 4.64. The summed E-state index contributed by atoms with van der Waals surface area (Å²) in [6, 6.07) is 7.94. The van der Waals surface area contributed by atoms with Crippen molar-refractivity contribution >= 4 is 54.2 Å². The Morgan fingerprint density at radius 1 is 1.21 bits per heavy atom. The number of carbonyl (C=O) groups is 1. The summed E-state index contributed by atoms with van der Waals surface area (Å²) in [5.41, 5.74) is 3.06. The molecule has 0 fully saturated rings. The number of aryl methyl sites for hydroxylation is 2. The average molecular weight is 452 g/mol. The van der Waals surface area contributed by atoms with Gasteiger partial charge in [-0.1, -0.05) is 29.0 Å². The molecule has 0 bridgehead atoms. The van der Waals surface area contributed by atoms with Crippen LogP contribution in [0.4, 0.5) is 5.13 Å². The molecule has 29 heavy (non-hydrogen) atoms. The van der Waals surface area contributed by atoms with E-state index in [0.29, 0.717) is 5.13 Å². The summed E-state index contributed by atoms with van der Waals surface area (Å²) >= 11 is 7.55. The highest BCUT2D eigenvalue weighted by Gasteiger charge is 2.25. The molecule has 1 N–H and O–H groups in total. The van der Waals surface area contributed by atoms with Gasteiger partial charge in [0, 0.05) is 13.1 Å². The lowest BCUT2D eigenvalue weighted by Gasteiger charge is -2.21. The van der Waals surface area contributed by atoms with Gasteiger partial charge in [0.2, 0.25) is 10.0 Å². The quantitative estimate of drug-likeness (QED) is 0.601. The van der Waals surface area contributed by atoms with E-state index < -0.39 is 15.9 Å². The fraction of sp³-hybridized carbons (Fsp3) is 0.300. The highest BCUT2D eigenvalue weighted by molar-refractivity contribution is 7.89. The number of anilines is 1. The van der Waals surface area contributed by atoms with Crippen LogP contribution in [0.3, 0.4) is 0 Å². The van der Waals surface area contributed by atoms with Crippen LogP contribution in [0.25, 0.3) is 10.2 Å². The molecule has 0 unspecified atom stereocenters.